The van der Waals surface area contributed by atoms with Gasteiger partial charge in [-0.15, -0.1) is 0 Å². The number of aromatic nitrogens is 1. The standard InChI is InChI=1S/C32H35N3O4/c1-22(2)18-27(33)31(37)35-28(17-16-23-10-5-3-6-11-23)30(36)29-20-34-32(39-29)25-14-9-15-26(19-25)38-21-24-12-7-4-8-13-24/h3-15,19-20,22,27-28H,16-18,21,33H2,1-2H3,(H,35,37)/t27-,28-/m0/s1. The van der Waals surface area contributed by atoms with Crippen molar-refractivity contribution in [2.45, 2.75) is 51.8 Å². The Balaban J connectivity index is 1.47. The van der Waals surface area contributed by atoms with Crippen LogP contribution in [-0.4, -0.2) is 28.8 Å². The maximum Gasteiger partial charge on any atom is 0.237 e. The van der Waals surface area contributed by atoms with Gasteiger partial charge < -0.3 is 20.2 Å². The first kappa shape index (κ1) is 27.8. The summed E-state index contributed by atoms with van der Waals surface area (Å²) in [5, 5.41) is 2.86. The van der Waals surface area contributed by atoms with E-state index in [1.165, 1.54) is 6.20 Å². The molecule has 0 saturated heterocycles. The number of nitrogens with zero attached hydrogens (tertiary/aromatic N) is 1. The number of aryl methyl sites for hydroxylation is 1. The Kier molecular flexibility index (Phi) is 9.64. The molecule has 0 fully saturated rings. The lowest BCUT2D eigenvalue weighted by Gasteiger charge is -2.20. The molecular weight excluding hydrogens is 490 g/mol. The number of nitrogens with two attached hydrogens (primary N) is 1. The number of benzene rings is 3. The summed E-state index contributed by atoms with van der Waals surface area (Å²) in [7, 11) is 0. The molecule has 39 heavy (non-hydrogen) atoms. The van der Waals surface area contributed by atoms with Crippen molar-refractivity contribution in [3.63, 3.8) is 0 Å². The fourth-order valence-corrected chi connectivity index (χ4v) is 4.27. The van der Waals surface area contributed by atoms with E-state index in [0.717, 1.165) is 11.1 Å². The van der Waals surface area contributed by atoms with Gasteiger partial charge in [-0.05, 0) is 54.5 Å². The second-order valence-electron chi connectivity index (χ2n) is 10.0. The maximum atomic E-state index is 13.5. The molecule has 0 aliphatic heterocycles. The molecule has 0 unspecified atom stereocenters. The number of carbonyl (C=O) groups excluding carboxylic acids is 2. The largest absolute Gasteiger partial charge is 0.489 e. The normalized spacial score (nSPS) is 12.6. The average molecular weight is 526 g/mol. The van der Waals surface area contributed by atoms with E-state index < -0.39 is 12.1 Å². The molecule has 0 spiro atoms. The van der Waals surface area contributed by atoms with Crippen LogP contribution in [0.5, 0.6) is 5.75 Å². The molecule has 3 N–H and O–H groups in total. The van der Waals surface area contributed by atoms with Crippen LogP contribution in [0.2, 0.25) is 0 Å². The Morgan fingerprint density at radius 3 is 2.33 bits per heavy atom. The molecule has 4 rings (SSSR count). The zero-order valence-corrected chi connectivity index (χ0v) is 22.4. The molecule has 0 aliphatic rings. The van der Waals surface area contributed by atoms with Gasteiger partial charge >= 0.3 is 0 Å². The van der Waals surface area contributed by atoms with Gasteiger partial charge in [0.05, 0.1) is 18.3 Å². The molecule has 7 nitrogen and oxygen atoms in total. The van der Waals surface area contributed by atoms with Gasteiger partial charge in [-0.25, -0.2) is 4.98 Å². The highest BCUT2D eigenvalue weighted by atomic mass is 16.5. The highest BCUT2D eigenvalue weighted by Gasteiger charge is 2.27. The minimum Gasteiger partial charge on any atom is -0.489 e. The summed E-state index contributed by atoms with van der Waals surface area (Å²) in [6.45, 7) is 4.44. The first-order valence-corrected chi connectivity index (χ1v) is 13.3. The third-order valence-electron chi connectivity index (χ3n) is 6.34. The quantitative estimate of drug-likeness (QED) is 0.220. The Labute approximate surface area is 229 Å². The summed E-state index contributed by atoms with van der Waals surface area (Å²) < 4.78 is 11.8. The fourth-order valence-electron chi connectivity index (χ4n) is 4.27. The van der Waals surface area contributed by atoms with Crippen LogP contribution in [0.3, 0.4) is 0 Å². The highest BCUT2D eigenvalue weighted by molar-refractivity contribution is 6.00. The van der Waals surface area contributed by atoms with Crippen molar-refractivity contribution in [2.75, 3.05) is 0 Å². The number of ketones is 1. The SMILES string of the molecule is CC(C)C[C@H](N)C(=O)N[C@@H](CCc1ccccc1)C(=O)c1cnc(-c2cccc(OCc3ccccc3)c2)o1. The summed E-state index contributed by atoms with van der Waals surface area (Å²) >= 11 is 0. The van der Waals surface area contributed by atoms with E-state index in [0.29, 0.717) is 43.1 Å². The molecule has 1 aromatic heterocycles. The van der Waals surface area contributed by atoms with Crippen LogP contribution >= 0.6 is 0 Å². The molecule has 0 radical (unpaired) electrons. The van der Waals surface area contributed by atoms with Gasteiger partial charge in [0.25, 0.3) is 0 Å². The first-order chi connectivity index (χ1) is 18.9. The Hall–Kier alpha value is -4.23. The number of nitrogens with one attached hydrogen (secondary N) is 1. The molecule has 202 valence electrons. The second-order valence-corrected chi connectivity index (χ2v) is 10.0. The third-order valence-corrected chi connectivity index (χ3v) is 6.34. The van der Waals surface area contributed by atoms with Crippen LogP contribution in [-0.2, 0) is 17.8 Å². The smallest absolute Gasteiger partial charge is 0.237 e. The molecule has 7 heteroatoms. The van der Waals surface area contributed by atoms with Crippen LogP contribution < -0.4 is 15.8 Å². The molecule has 0 saturated carbocycles. The minimum atomic E-state index is -0.794. The van der Waals surface area contributed by atoms with Gasteiger partial charge in [0.1, 0.15) is 12.4 Å². The Morgan fingerprint density at radius 1 is 0.949 bits per heavy atom. The van der Waals surface area contributed by atoms with Crippen molar-refractivity contribution >= 4 is 11.7 Å². The van der Waals surface area contributed by atoms with Crippen LogP contribution in [0.25, 0.3) is 11.5 Å². The molecule has 1 amide bonds. The number of oxazole rings is 1. The van der Waals surface area contributed by atoms with E-state index in [2.05, 4.69) is 10.3 Å². The van der Waals surface area contributed by atoms with E-state index in [1.54, 1.807) is 0 Å². The van der Waals surface area contributed by atoms with Gasteiger partial charge in [0.15, 0.2) is 5.76 Å². The first-order valence-electron chi connectivity index (χ1n) is 13.3. The molecule has 3 aromatic carbocycles. The lowest BCUT2D eigenvalue weighted by molar-refractivity contribution is -0.123. The average Bonchev–Trinajstić information content (AvgIpc) is 3.45. The van der Waals surface area contributed by atoms with Gasteiger partial charge in [0, 0.05) is 5.56 Å². The van der Waals surface area contributed by atoms with Crippen LogP contribution in [0, 0.1) is 5.92 Å². The van der Waals surface area contributed by atoms with Crippen molar-refractivity contribution in [1.29, 1.82) is 0 Å². The number of hydrogen-bond acceptors (Lipinski definition) is 6. The van der Waals surface area contributed by atoms with E-state index in [4.69, 9.17) is 14.9 Å². The van der Waals surface area contributed by atoms with E-state index >= 15 is 0 Å². The topological polar surface area (TPSA) is 107 Å². The van der Waals surface area contributed by atoms with Gasteiger partial charge in [-0.2, -0.15) is 0 Å². The van der Waals surface area contributed by atoms with Gasteiger partial charge in [-0.3, -0.25) is 9.59 Å². The number of Topliss-reactive ketones (excluding diaryl/α,β-unsaturated/α-hetero) is 1. The fraction of sp³-hybridized carbons (Fsp3) is 0.281. The number of amides is 1. The van der Waals surface area contributed by atoms with Crippen LogP contribution in [0.4, 0.5) is 0 Å². The number of hydrogen-bond donors (Lipinski definition) is 2. The summed E-state index contributed by atoms with van der Waals surface area (Å²) in [5.41, 5.74) is 8.91. The predicted octanol–water partition coefficient (Wildman–Crippen LogP) is 5.59. The molecule has 0 aliphatic carbocycles. The zero-order valence-electron chi connectivity index (χ0n) is 22.4. The summed E-state index contributed by atoms with van der Waals surface area (Å²) in [4.78, 5) is 30.7. The van der Waals surface area contributed by atoms with Crippen LogP contribution in [0.1, 0.15) is 48.4 Å². The Morgan fingerprint density at radius 2 is 1.64 bits per heavy atom. The van der Waals surface area contributed by atoms with Gasteiger partial charge in [-0.1, -0.05) is 80.6 Å². The van der Waals surface area contributed by atoms with Crippen molar-refractivity contribution < 1.29 is 18.7 Å². The van der Waals surface area contributed by atoms with Crippen molar-refractivity contribution in [3.8, 4) is 17.2 Å². The van der Waals surface area contributed by atoms with E-state index in [-0.39, 0.29) is 23.4 Å². The lowest BCUT2D eigenvalue weighted by Crippen LogP contribution is -2.49. The monoisotopic (exact) mass is 525 g/mol. The van der Waals surface area contributed by atoms with Crippen molar-refractivity contribution in [1.82, 2.24) is 10.3 Å². The minimum absolute atomic E-state index is 0.0800. The maximum absolute atomic E-state index is 13.5. The Bertz CT molecular complexity index is 1350. The number of carbonyl (C=O) groups is 2. The summed E-state index contributed by atoms with van der Waals surface area (Å²) in [6.07, 6.45) is 2.95. The highest BCUT2D eigenvalue weighted by Crippen LogP contribution is 2.25. The van der Waals surface area contributed by atoms with Crippen molar-refractivity contribution in [2.24, 2.45) is 11.7 Å². The summed E-state index contributed by atoms with van der Waals surface area (Å²) in [5.74, 6) is 0.608. The van der Waals surface area contributed by atoms with Gasteiger partial charge in [0.2, 0.25) is 17.6 Å². The number of ether oxygens (including phenoxy) is 1. The van der Waals surface area contributed by atoms with Crippen LogP contribution in [0.15, 0.2) is 95.5 Å². The molecule has 1 heterocycles. The second kappa shape index (κ2) is 13.5. The lowest BCUT2D eigenvalue weighted by atomic mass is 9.99. The number of rotatable bonds is 13. The van der Waals surface area contributed by atoms with Crippen molar-refractivity contribution in [3.05, 3.63) is 108 Å². The molecule has 0 bridgehead atoms. The molecule has 4 aromatic rings. The zero-order chi connectivity index (χ0) is 27.6. The van der Waals surface area contributed by atoms with E-state index in [1.807, 2.05) is 98.8 Å². The molecular formula is C32H35N3O4. The molecule has 2 atom stereocenters. The predicted molar refractivity (Wildman–Crippen MR) is 151 cm³/mol. The third kappa shape index (κ3) is 8.12. The van der Waals surface area contributed by atoms with E-state index in [9.17, 15) is 9.59 Å². The summed E-state index contributed by atoms with van der Waals surface area (Å²) in [6, 6.07) is 25.6.